The number of fused-ring (bicyclic) bond motifs is 1. The number of likely N-dealkylation sites (N-methyl/N-ethyl adjacent to an activating group) is 1. The Bertz CT molecular complexity index is 1370. The molecule has 2 aromatic rings. The fraction of sp³-hybridized carbons (Fsp3) is 0.292. The number of nitrogens with one attached hydrogen (secondary N) is 1. The Kier molecular flexibility index (Phi) is 12.3. The maximum absolute atomic E-state index is 12.6. The zero-order chi connectivity index (χ0) is 33.3. The molecule has 43 heavy (non-hydrogen) atoms. The van der Waals surface area contributed by atoms with Crippen molar-refractivity contribution in [1.82, 2.24) is 0 Å². The number of hydrogen-bond donors (Lipinski definition) is 4. The van der Waals surface area contributed by atoms with Gasteiger partial charge in [0.25, 0.3) is 11.6 Å². The van der Waals surface area contributed by atoms with Gasteiger partial charge >= 0.3 is 24.3 Å². The van der Waals surface area contributed by atoms with E-state index in [9.17, 15) is 40.7 Å². The third-order valence-electron chi connectivity index (χ3n) is 5.12. The largest absolute Gasteiger partial charge is 0.542 e. The summed E-state index contributed by atoms with van der Waals surface area (Å²) in [5.74, 6) is -7.41. The van der Waals surface area contributed by atoms with Crippen LogP contribution in [0.5, 0.6) is 0 Å². The average molecular weight is 623 g/mol. The maximum atomic E-state index is 12.6. The van der Waals surface area contributed by atoms with Gasteiger partial charge in [-0.3, -0.25) is 14.4 Å². The predicted octanol–water partition coefficient (Wildman–Crippen LogP) is 0.671. The first-order chi connectivity index (χ1) is 19.7. The minimum absolute atomic E-state index is 0.00559. The van der Waals surface area contributed by atoms with Gasteiger partial charge in [-0.05, 0) is 36.8 Å². The Morgan fingerprint density at radius 2 is 1.56 bits per heavy atom. The van der Waals surface area contributed by atoms with Gasteiger partial charge in [0.1, 0.15) is 24.7 Å². The summed E-state index contributed by atoms with van der Waals surface area (Å²) in [5, 5.41) is 27.3. The Labute approximate surface area is 237 Å². The number of nitrogens with two attached hydrogens (primary N) is 1. The highest BCUT2D eigenvalue weighted by molar-refractivity contribution is 6.53. The summed E-state index contributed by atoms with van der Waals surface area (Å²) in [5.41, 5.74) is 8.40. The molecule has 0 unspecified atom stereocenters. The van der Waals surface area contributed by atoms with Gasteiger partial charge in [-0.25, -0.2) is 9.79 Å². The number of alkyl halides is 6. The Morgan fingerprint density at radius 3 is 2.00 bits per heavy atom. The second-order valence-corrected chi connectivity index (χ2v) is 8.34. The summed E-state index contributed by atoms with van der Waals surface area (Å²) in [4.78, 5) is 58.9. The number of pyridine rings is 1. The number of benzene rings is 1. The second-order valence-electron chi connectivity index (χ2n) is 8.34. The van der Waals surface area contributed by atoms with Gasteiger partial charge in [-0.15, -0.1) is 0 Å². The molecule has 1 atom stereocenters. The van der Waals surface area contributed by atoms with Gasteiger partial charge in [0.05, 0.1) is 5.69 Å². The first-order valence-electron chi connectivity index (χ1n) is 11.5. The molecular formula is C24H23F6N5O8. The van der Waals surface area contributed by atoms with E-state index in [1.807, 2.05) is 29.9 Å². The van der Waals surface area contributed by atoms with Crippen molar-refractivity contribution in [3.8, 4) is 0 Å². The molecule has 2 amide bonds. The van der Waals surface area contributed by atoms with E-state index in [1.165, 1.54) is 0 Å². The summed E-state index contributed by atoms with van der Waals surface area (Å²) < 4.78 is 65.1. The van der Waals surface area contributed by atoms with Gasteiger partial charge < -0.3 is 36.1 Å². The fourth-order valence-corrected chi connectivity index (χ4v) is 3.01. The summed E-state index contributed by atoms with van der Waals surface area (Å²) in [6.07, 6.45) is -8.36. The highest BCUT2D eigenvalue weighted by Crippen LogP contribution is 2.27. The van der Waals surface area contributed by atoms with E-state index in [1.54, 1.807) is 36.2 Å². The predicted molar refractivity (Wildman–Crippen MR) is 132 cm³/mol. The molecule has 1 aliphatic heterocycles. The molecule has 0 saturated heterocycles. The molecular weight excluding hydrogens is 600 g/mol. The molecule has 0 aliphatic carbocycles. The molecule has 1 aromatic heterocycles. The fourth-order valence-electron chi connectivity index (χ4n) is 3.01. The van der Waals surface area contributed by atoms with E-state index >= 15 is 0 Å². The Balaban J connectivity index is 0.000000548. The first kappa shape index (κ1) is 36.0. The van der Waals surface area contributed by atoms with Gasteiger partial charge in [-0.1, -0.05) is 0 Å². The van der Waals surface area contributed by atoms with Crippen LogP contribution in [0.15, 0.2) is 47.6 Å². The number of carboxylic acid groups (broad SMARTS) is 3. The third kappa shape index (κ3) is 11.0. The summed E-state index contributed by atoms with van der Waals surface area (Å²) in [7, 11) is 3.56. The van der Waals surface area contributed by atoms with Gasteiger partial charge in [-0.2, -0.15) is 30.9 Å². The number of aromatic nitrogens is 1. The molecule has 0 radical (unpaired) electrons. The number of carbonyl (C=O) groups is 5. The molecule has 234 valence electrons. The molecule has 0 saturated carbocycles. The topological polar surface area (TPSA) is 206 Å². The van der Waals surface area contributed by atoms with Crippen molar-refractivity contribution in [2.45, 2.75) is 31.2 Å². The zero-order valence-electron chi connectivity index (χ0n) is 22.1. The van der Waals surface area contributed by atoms with E-state index in [-0.39, 0.29) is 24.7 Å². The number of aryl methyl sites for hydroxylation is 1. The summed E-state index contributed by atoms with van der Waals surface area (Å²) in [6.45, 7) is 0. The lowest BCUT2D eigenvalue weighted by atomic mass is 10.1. The smallest absolute Gasteiger partial charge is 0.490 e. The van der Waals surface area contributed by atoms with Crippen LogP contribution in [-0.2, 0) is 31.0 Å². The first-order valence-corrected chi connectivity index (χ1v) is 11.5. The number of nitrogens with zero attached hydrogens (tertiary/aromatic N) is 3. The lowest BCUT2D eigenvalue weighted by Gasteiger charge is -2.08. The molecule has 3 rings (SSSR count). The Morgan fingerprint density at radius 1 is 1.05 bits per heavy atom. The third-order valence-corrected chi connectivity index (χ3v) is 5.12. The quantitative estimate of drug-likeness (QED) is 0.263. The maximum Gasteiger partial charge on any atom is 0.490 e. The van der Waals surface area contributed by atoms with Crippen LogP contribution in [0.1, 0.15) is 18.5 Å². The zero-order valence-corrected chi connectivity index (χ0v) is 22.1. The van der Waals surface area contributed by atoms with Gasteiger partial charge in [0, 0.05) is 25.2 Å². The van der Waals surface area contributed by atoms with E-state index in [0.717, 1.165) is 11.4 Å². The average Bonchev–Trinajstić information content (AvgIpc) is 3.13. The second kappa shape index (κ2) is 14.7. The highest BCUT2D eigenvalue weighted by atomic mass is 19.4. The van der Waals surface area contributed by atoms with Crippen molar-refractivity contribution < 1.29 is 70.2 Å². The number of hydrogen-bond acceptors (Lipinski definition) is 8. The van der Waals surface area contributed by atoms with E-state index in [4.69, 9.17) is 30.6 Å². The van der Waals surface area contributed by atoms with Crippen LogP contribution in [-0.4, -0.2) is 71.1 Å². The number of aliphatic carboxylic acids is 3. The lowest BCUT2D eigenvalue weighted by Crippen LogP contribution is -2.37. The molecule has 1 aromatic carbocycles. The van der Waals surface area contributed by atoms with Crippen LogP contribution in [0, 0.1) is 0 Å². The molecule has 5 N–H and O–H groups in total. The van der Waals surface area contributed by atoms with Crippen LogP contribution in [0.25, 0.3) is 0 Å². The standard InChI is InChI=1S/C20H21N5O4.2C2HF3O2/c1-24-11-3-4-15-18(24)17(19(27)25(15)2)23-13-7-5-12(6-8-13)22-16(26)10-9-14(21)20(28)29;2*3-2(4,5)1(6)7/h3-8,11,14H,9-10,21H2,1-2H3,(H,28,29);2*(H,6,7)/t14-;;/m0../s1. The number of anilines is 2. The number of halogens is 6. The van der Waals surface area contributed by atoms with Crippen LogP contribution in [0.2, 0.25) is 0 Å². The minimum Gasteiger partial charge on any atom is -0.542 e. The van der Waals surface area contributed by atoms with Crippen molar-refractivity contribution in [3.05, 3.63) is 48.3 Å². The highest BCUT2D eigenvalue weighted by Gasteiger charge is 2.39. The minimum atomic E-state index is -5.19. The van der Waals surface area contributed by atoms with Crippen LogP contribution < -0.4 is 25.6 Å². The van der Waals surface area contributed by atoms with E-state index in [0.29, 0.717) is 17.1 Å². The van der Waals surface area contributed by atoms with Crippen LogP contribution in [0.4, 0.5) is 43.4 Å². The lowest BCUT2D eigenvalue weighted by molar-refractivity contribution is -0.671. The van der Waals surface area contributed by atoms with Crippen molar-refractivity contribution in [3.63, 3.8) is 0 Å². The van der Waals surface area contributed by atoms with Gasteiger partial charge in [0.15, 0.2) is 6.20 Å². The normalized spacial score (nSPS) is 14.0. The Hall–Kier alpha value is -5.07. The SMILES string of the molecule is CN1C(=O)C(=Nc2ccc(NC(=O)CC[C@H](N)C(=O)O)cc2)c2c1ccc[n+]2C.O=C(O)C(F)(F)F.O=C([O-])C(F)(F)F. The number of aliphatic imine (C=N–C) groups is 1. The van der Waals surface area contributed by atoms with Gasteiger partial charge in [0.2, 0.25) is 11.6 Å². The molecule has 2 heterocycles. The molecule has 1 aliphatic rings. The van der Waals surface area contributed by atoms with Crippen LogP contribution >= 0.6 is 0 Å². The number of amides is 2. The van der Waals surface area contributed by atoms with Crippen molar-refractivity contribution >= 4 is 52.5 Å². The monoisotopic (exact) mass is 623 g/mol. The number of carboxylic acids is 3. The molecule has 0 bridgehead atoms. The van der Waals surface area contributed by atoms with Crippen molar-refractivity contribution in [2.75, 3.05) is 17.3 Å². The summed E-state index contributed by atoms with van der Waals surface area (Å²) >= 11 is 0. The van der Waals surface area contributed by atoms with E-state index in [2.05, 4.69) is 10.3 Å². The van der Waals surface area contributed by atoms with E-state index < -0.39 is 36.3 Å². The number of rotatable bonds is 6. The summed E-state index contributed by atoms with van der Waals surface area (Å²) in [6, 6.07) is 9.40. The van der Waals surface area contributed by atoms with Crippen molar-refractivity contribution in [2.24, 2.45) is 17.8 Å². The molecule has 13 nitrogen and oxygen atoms in total. The molecule has 0 fully saturated rings. The van der Waals surface area contributed by atoms with Crippen molar-refractivity contribution in [1.29, 1.82) is 0 Å². The molecule has 19 heteroatoms. The molecule has 0 spiro atoms. The van der Waals surface area contributed by atoms with Crippen LogP contribution in [0.3, 0.4) is 0 Å². The number of carbonyl (C=O) groups excluding carboxylic acids is 3.